The summed E-state index contributed by atoms with van der Waals surface area (Å²) < 4.78 is 12.0. The molecular weight excluding hydrogens is 452 g/mol. The van der Waals surface area contributed by atoms with Crippen LogP contribution in [0.1, 0.15) is 49.8 Å². The first-order valence-corrected chi connectivity index (χ1v) is 12.6. The largest absolute Gasteiger partial charge is 0.486 e. The zero-order valence-corrected chi connectivity index (χ0v) is 20.6. The third kappa shape index (κ3) is 5.84. The Bertz CT molecular complexity index is 988. The Morgan fingerprint density at radius 3 is 2.41 bits per heavy atom. The predicted octanol–water partition coefficient (Wildman–Crippen LogP) is 4.64. The number of fused-ring (bicyclic) bond motifs is 1. The van der Waals surface area contributed by atoms with Crippen molar-refractivity contribution in [2.45, 2.75) is 57.7 Å². The molecule has 1 saturated carbocycles. The Hall–Kier alpha value is -2.73. The third-order valence-electron chi connectivity index (χ3n) is 6.72. The molecule has 7 heteroatoms. The SMILES string of the molecule is Cc1ccc([C@@H](C(=O)NC2CCC(C)CC2)N(C[C@@H]2COc3ccccc3O2)C(=O)CCl)cc1. The van der Waals surface area contributed by atoms with E-state index in [1.165, 1.54) is 0 Å². The van der Waals surface area contributed by atoms with E-state index in [9.17, 15) is 9.59 Å². The van der Waals surface area contributed by atoms with Gasteiger partial charge in [0, 0.05) is 6.04 Å². The van der Waals surface area contributed by atoms with E-state index in [0.29, 0.717) is 17.4 Å². The van der Waals surface area contributed by atoms with Crippen LogP contribution in [0.2, 0.25) is 0 Å². The topological polar surface area (TPSA) is 67.9 Å². The van der Waals surface area contributed by atoms with Gasteiger partial charge in [0.2, 0.25) is 11.8 Å². The summed E-state index contributed by atoms with van der Waals surface area (Å²) in [5.74, 6) is 1.27. The van der Waals surface area contributed by atoms with Gasteiger partial charge in [-0.05, 0) is 56.2 Å². The van der Waals surface area contributed by atoms with Crippen molar-refractivity contribution in [3.63, 3.8) is 0 Å². The number of carbonyl (C=O) groups is 2. The lowest BCUT2D eigenvalue weighted by Gasteiger charge is -2.36. The van der Waals surface area contributed by atoms with Crippen LogP contribution in [0.5, 0.6) is 11.5 Å². The average molecular weight is 485 g/mol. The summed E-state index contributed by atoms with van der Waals surface area (Å²) in [5.41, 5.74) is 1.84. The number of nitrogens with one attached hydrogen (secondary N) is 1. The zero-order valence-electron chi connectivity index (χ0n) is 19.8. The third-order valence-corrected chi connectivity index (χ3v) is 6.95. The lowest BCUT2D eigenvalue weighted by molar-refractivity contribution is -0.141. The maximum absolute atomic E-state index is 13.7. The van der Waals surface area contributed by atoms with Gasteiger partial charge in [-0.25, -0.2) is 0 Å². The number of nitrogens with zero attached hydrogens (tertiary/aromatic N) is 1. The molecule has 1 fully saturated rings. The summed E-state index contributed by atoms with van der Waals surface area (Å²) in [4.78, 5) is 28.3. The van der Waals surface area contributed by atoms with E-state index in [4.69, 9.17) is 21.1 Å². The van der Waals surface area contributed by atoms with Gasteiger partial charge in [0.25, 0.3) is 0 Å². The second-order valence-electron chi connectivity index (χ2n) is 9.46. The lowest BCUT2D eigenvalue weighted by Crippen LogP contribution is -2.51. The lowest BCUT2D eigenvalue weighted by atomic mass is 9.87. The molecule has 0 spiro atoms. The van der Waals surface area contributed by atoms with Crippen molar-refractivity contribution >= 4 is 23.4 Å². The Morgan fingerprint density at radius 2 is 1.74 bits per heavy atom. The fraction of sp³-hybridized carbons (Fsp3) is 0.481. The van der Waals surface area contributed by atoms with Crippen molar-refractivity contribution in [2.24, 2.45) is 5.92 Å². The average Bonchev–Trinajstić information content (AvgIpc) is 2.85. The van der Waals surface area contributed by atoms with Gasteiger partial charge in [-0.2, -0.15) is 0 Å². The second kappa shape index (κ2) is 11.1. The summed E-state index contributed by atoms with van der Waals surface area (Å²) >= 11 is 6.02. The molecule has 2 aromatic rings. The Morgan fingerprint density at radius 1 is 1.06 bits per heavy atom. The molecule has 2 aromatic carbocycles. The van der Waals surface area contributed by atoms with Crippen molar-refractivity contribution in [1.82, 2.24) is 10.2 Å². The van der Waals surface area contributed by atoms with Crippen LogP contribution in [-0.2, 0) is 9.59 Å². The van der Waals surface area contributed by atoms with Crippen LogP contribution in [0.25, 0.3) is 0 Å². The Kier molecular flexibility index (Phi) is 7.99. The Labute approximate surface area is 206 Å². The van der Waals surface area contributed by atoms with Crippen LogP contribution in [0.3, 0.4) is 0 Å². The first-order valence-electron chi connectivity index (χ1n) is 12.1. The first kappa shape index (κ1) is 24.4. The minimum absolute atomic E-state index is 0.116. The van der Waals surface area contributed by atoms with E-state index in [2.05, 4.69) is 12.2 Å². The summed E-state index contributed by atoms with van der Waals surface area (Å²) in [6.07, 6.45) is 3.67. The van der Waals surface area contributed by atoms with Crippen molar-refractivity contribution in [1.29, 1.82) is 0 Å². The van der Waals surface area contributed by atoms with Gasteiger partial charge in [-0.3, -0.25) is 9.59 Å². The van der Waals surface area contributed by atoms with Crippen molar-refractivity contribution in [3.8, 4) is 11.5 Å². The molecule has 2 aliphatic rings. The number of para-hydroxylation sites is 2. The minimum Gasteiger partial charge on any atom is -0.486 e. The normalized spacial score (nSPS) is 22.5. The molecule has 0 bridgehead atoms. The van der Waals surface area contributed by atoms with Gasteiger partial charge < -0.3 is 19.7 Å². The molecule has 34 heavy (non-hydrogen) atoms. The highest BCUT2D eigenvalue weighted by Gasteiger charge is 2.35. The predicted molar refractivity (Wildman–Crippen MR) is 132 cm³/mol. The fourth-order valence-corrected chi connectivity index (χ4v) is 4.86. The van der Waals surface area contributed by atoms with E-state index >= 15 is 0 Å². The Balaban J connectivity index is 1.58. The molecule has 182 valence electrons. The standard InChI is InChI=1S/C27H33ClN2O4/c1-18-7-11-20(12-8-18)26(27(32)29-21-13-9-19(2)10-14-21)30(25(31)15-28)16-22-17-33-23-5-3-4-6-24(23)34-22/h3-8,11-12,19,21-22,26H,9-10,13-17H2,1-2H3,(H,29,32)/t19?,21?,22-,26+/m1/s1. The summed E-state index contributed by atoms with van der Waals surface area (Å²) in [6.45, 7) is 4.71. The molecule has 0 aromatic heterocycles. The molecule has 6 nitrogen and oxygen atoms in total. The van der Waals surface area contributed by atoms with Crippen LogP contribution in [0.15, 0.2) is 48.5 Å². The number of halogens is 1. The van der Waals surface area contributed by atoms with E-state index in [-0.39, 0.29) is 36.9 Å². The van der Waals surface area contributed by atoms with Crippen LogP contribution in [0, 0.1) is 12.8 Å². The molecule has 1 heterocycles. The zero-order chi connectivity index (χ0) is 24.1. The van der Waals surface area contributed by atoms with Gasteiger partial charge >= 0.3 is 0 Å². The van der Waals surface area contributed by atoms with Gasteiger partial charge in [-0.1, -0.05) is 48.9 Å². The number of benzene rings is 2. The number of hydrogen-bond donors (Lipinski definition) is 1. The maximum atomic E-state index is 13.7. The molecule has 4 rings (SSSR count). The van der Waals surface area contributed by atoms with Crippen LogP contribution in [0.4, 0.5) is 0 Å². The van der Waals surface area contributed by atoms with Gasteiger partial charge in [0.1, 0.15) is 18.5 Å². The molecule has 0 unspecified atom stereocenters. The van der Waals surface area contributed by atoms with Crippen molar-refractivity contribution in [3.05, 3.63) is 59.7 Å². The number of carbonyl (C=O) groups excluding carboxylic acids is 2. The minimum atomic E-state index is -0.799. The van der Waals surface area contributed by atoms with Gasteiger partial charge in [-0.15, -0.1) is 11.6 Å². The number of amides is 2. The van der Waals surface area contributed by atoms with E-state index in [1.807, 2.05) is 55.5 Å². The maximum Gasteiger partial charge on any atom is 0.247 e. The molecule has 0 saturated heterocycles. The van der Waals surface area contributed by atoms with E-state index < -0.39 is 12.1 Å². The van der Waals surface area contributed by atoms with Crippen molar-refractivity contribution in [2.75, 3.05) is 19.0 Å². The fourth-order valence-electron chi connectivity index (χ4n) is 4.71. The molecule has 2 atom stereocenters. The number of rotatable bonds is 7. The van der Waals surface area contributed by atoms with Crippen LogP contribution in [-0.4, -0.2) is 47.9 Å². The molecular formula is C27H33ClN2O4. The summed E-state index contributed by atoms with van der Waals surface area (Å²) in [7, 11) is 0. The summed E-state index contributed by atoms with van der Waals surface area (Å²) in [5, 5.41) is 3.22. The highest BCUT2D eigenvalue weighted by atomic mass is 35.5. The van der Waals surface area contributed by atoms with Crippen molar-refractivity contribution < 1.29 is 19.1 Å². The number of aryl methyl sites for hydroxylation is 1. The number of ether oxygens (including phenoxy) is 2. The number of hydrogen-bond acceptors (Lipinski definition) is 4. The van der Waals surface area contributed by atoms with Gasteiger partial charge in [0.05, 0.1) is 6.54 Å². The molecule has 1 N–H and O–H groups in total. The monoisotopic (exact) mass is 484 g/mol. The molecule has 1 aliphatic heterocycles. The second-order valence-corrected chi connectivity index (χ2v) is 9.72. The smallest absolute Gasteiger partial charge is 0.247 e. The van der Waals surface area contributed by atoms with E-state index in [1.54, 1.807) is 4.90 Å². The highest BCUT2D eigenvalue weighted by molar-refractivity contribution is 6.27. The van der Waals surface area contributed by atoms with Crippen LogP contribution < -0.4 is 14.8 Å². The highest BCUT2D eigenvalue weighted by Crippen LogP contribution is 2.32. The van der Waals surface area contributed by atoms with Gasteiger partial charge in [0.15, 0.2) is 17.6 Å². The molecule has 2 amide bonds. The first-order chi connectivity index (χ1) is 16.4. The quantitative estimate of drug-likeness (QED) is 0.581. The molecule has 1 aliphatic carbocycles. The van der Waals surface area contributed by atoms with E-state index in [0.717, 1.165) is 36.8 Å². The van der Waals surface area contributed by atoms with Crippen LogP contribution >= 0.6 is 11.6 Å². The molecule has 0 radical (unpaired) electrons. The number of alkyl halides is 1. The summed E-state index contributed by atoms with van der Waals surface area (Å²) in [6, 6.07) is 14.5.